The van der Waals surface area contributed by atoms with Crippen LogP contribution in [0.4, 0.5) is 0 Å². The van der Waals surface area contributed by atoms with Crippen LogP contribution in [0.2, 0.25) is 0 Å². The van der Waals surface area contributed by atoms with Crippen molar-refractivity contribution in [2.24, 2.45) is 11.0 Å². The number of hydrogen-bond acceptors (Lipinski definition) is 3. The third kappa shape index (κ3) is 3.17. The Labute approximate surface area is 125 Å². The molecule has 1 N–H and O–H groups in total. The zero-order chi connectivity index (χ0) is 13.9. The van der Waals surface area contributed by atoms with Crippen LogP contribution in [-0.4, -0.2) is 12.1 Å². The van der Waals surface area contributed by atoms with Crippen LogP contribution in [0, 0.1) is 5.92 Å². The number of hydrogen-bond donors (Lipinski definition) is 1. The molecular formula is C15H13BrN2O2. The van der Waals surface area contributed by atoms with Crippen LogP contribution < -0.4 is 5.43 Å². The molecule has 0 saturated heterocycles. The predicted octanol–water partition coefficient (Wildman–Crippen LogP) is 3.57. The summed E-state index contributed by atoms with van der Waals surface area (Å²) in [5, 5.41) is 3.90. The van der Waals surface area contributed by atoms with E-state index in [0.29, 0.717) is 5.76 Å². The van der Waals surface area contributed by atoms with Crippen molar-refractivity contribution in [2.75, 3.05) is 0 Å². The molecule has 1 fully saturated rings. The topological polar surface area (TPSA) is 54.6 Å². The van der Waals surface area contributed by atoms with E-state index in [1.54, 1.807) is 0 Å². The van der Waals surface area contributed by atoms with Gasteiger partial charge in [-0.15, -0.1) is 0 Å². The molecule has 1 aliphatic carbocycles. The van der Waals surface area contributed by atoms with Gasteiger partial charge in [0.15, 0.2) is 0 Å². The van der Waals surface area contributed by atoms with Gasteiger partial charge in [-0.3, -0.25) is 4.79 Å². The van der Waals surface area contributed by atoms with E-state index in [2.05, 4.69) is 26.5 Å². The average molecular weight is 333 g/mol. The van der Waals surface area contributed by atoms with Crippen molar-refractivity contribution in [2.45, 2.75) is 12.8 Å². The van der Waals surface area contributed by atoms with Crippen molar-refractivity contribution >= 4 is 28.1 Å². The number of carbonyl (C=O) groups is 1. The highest BCUT2D eigenvalue weighted by atomic mass is 79.9. The van der Waals surface area contributed by atoms with E-state index in [4.69, 9.17) is 4.42 Å². The monoisotopic (exact) mass is 332 g/mol. The van der Waals surface area contributed by atoms with Crippen LogP contribution in [0.15, 0.2) is 50.4 Å². The zero-order valence-corrected chi connectivity index (χ0v) is 12.3. The first-order valence-corrected chi connectivity index (χ1v) is 7.20. The van der Waals surface area contributed by atoms with E-state index < -0.39 is 0 Å². The smallest absolute Gasteiger partial charge is 0.243 e. The van der Waals surface area contributed by atoms with Crippen LogP contribution in [0.5, 0.6) is 0 Å². The largest absolute Gasteiger partial charge is 0.455 e. The lowest BCUT2D eigenvalue weighted by Crippen LogP contribution is -2.18. The fourth-order valence-corrected chi connectivity index (χ4v) is 2.05. The van der Waals surface area contributed by atoms with Gasteiger partial charge in [-0.25, -0.2) is 5.43 Å². The van der Waals surface area contributed by atoms with E-state index in [1.807, 2.05) is 36.4 Å². The maximum absolute atomic E-state index is 11.4. The van der Waals surface area contributed by atoms with Gasteiger partial charge in [-0.05, 0) is 37.1 Å². The van der Waals surface area contributed by atoms with Gasteiger partial charge in [0.05, 0.1) is 6.21 Å². The SMILES string of the molecule is O=C(N/N=C\c1ccc(-c2ccc(Br)cc2)o1)C1CC1. The van der Waals surface area contributed by atoms with Crippen LogP contribution in [0.25, 0.3) is 11.3 Å². The number of nitrogens with one attached hydrogen (secondary N) is 1. The molecule has 5 heteroatoms. The number of carbonyl (C=O) groups excluding carboxylic acids is 1. The molecule has 1 amide bonds. The fraction of sp³-hybridized carbons (Fsp3) is 0.200. The number of nitrogens with zero attached hydrogens (tertiary/aromatic N) is 1. The number of halogens is 1. The molecule has 1 heterocycles. The second-order valence-electron chi connectivity index (χ2n) is 4.72. The van der Waals surface area contributed by atoms with Crippen LogP contribution >= 0.6 is 15.9 Å². The summed E-state index contributed by atoms with van der Waals surface area (Å²) >= 11 is 3.40. The summed E-state index contributed by atoms with van der Waals surface area (Å²) in [5.74, 6) is 1.52. The maximum atomic E-state index is 11.4. The molecular weight excluding hydrogens is 320 g/mol. The number of furan rings is 1. The van der Waals surface area contributed by atoms with Gasteiger partial charge in [0.2, 0.25) is 5.91 Å². The molecule has 2 aromatic rings. The molecule has 0 unspecified atom stereocenters. The second-order valence-corrected chi connectivity index (χ2v) is 5.63. The third-order valence-electron chi connectivity index (χ3n) is 3.07. The predicted molar refractivity (Wildman–Crippen MR) is 80.3 cm³/mol. The van der Waals surface area contributed by atoms with Crippen LogP contribution in [0.1, 0.15) is 18.6 Å². The lowest BCUT2D eigenvalue weighted by molar-refractivity contribution is -0.122. The Morgan fingerprint density at radius 2 is 2.00 bits per heavy atom. The Morgan fingerprint density at radius 3 is 2.70 bits per heavy atom. The molecule has 0 radical (unpaired) electrons. The average Bonchev–Trinajstić information content (AvgIpc) is 3.20. The van der Waals surface area contributed by atoms with E-state index in [1.165, 1.54) is 6.21 Å². The molecule has 1 aromatic heterocycles. The van der Waals surface area contributed by atoms with Gasteiger partial charge >= 0.3 is 0 Å². The molecule has 1 aliphatic rings. The van der Waals surface area contributed by atoms with Gasteiger partial charge in [0, 0.05) is 16.0 Å². The van der Waals surface area contributed by atoms with Gasteiger partial charge < -0.3 is 4.42 Å². The molecule has 0 bridgehead atoms. The summed E-state index contributed by atoms with van der Waals surface area (Å²) in [4.78, 5) is 11.4. The molecule has 3 rings (SSSR count). The van der Waals surface area contributed by atoms with Gasteiger partial charge in [0.1, 0.15) is 11.5 Å². The molecule has 0 spiro atoms. The van der Waals surface area contributed by atoms with Crippen molar-refractivity contribution < 1.29 is 9.21 Å². The molecule has 1 aromatic carbocycles. The van der Waals surface area contributed by atoms with Crippen molar-refractivity contribution in [1.29, 1.82) is 0 Å². The van der Waals surface area contributed by atoms with Crippen molar-refractivity contribution in [3.63, 3.8) is 0 Å². The van der Waals surface area contributed by atoms with Crippen molar-refractivity contribution in [3.8, 4) is 11.3 Å². The highest BCUT2D eigenvalue weighted by Crippen LogP contribution is 2.28. The molecule has 102 valence electrons. The van der Waals surface area contributed by atoms with Gasteiger partial charge in [-0.1, -0.05) is 28.1 Å². The summed E-state index contributed by atoms with van der Waals surface area (Å²) in [6, 6.07) is 11.6. The lowest BCUT2D eigenvalue weighted by Gasteiger charge is -1.96. The number of hydrazone groups is 1. The molecule has 1 saturated carbocycles. The minimum atomic E-state index is -0.0130. The van der Waals surface area contributed by atoms with Gasteiger partial charge in [-0.2, -0.15) is 5.10 Å². The highest BCUT2D eigenvalue weighted by Gasteiger charge is 2.29. The van der Waals surface area contributed by atoms with E-state index in [0.717, 1.165) is 28.6 Å². The Balaban J connectivity index is 1.65. The summed E-state index contributed by atoms with van der Waals surface area (Å²) in [6.45, 7) is 0. The standard InChI is InChI=1S/C15H13BrN2O2/c16-12-5-3-10(4-6-12)14-8-7-13(20-14)9-17-18-15(19)11-1-2-11/h3-9,11H,1-2H2,(H,18,19)/b17-9-. The van der Waals surface area contributed by atoms with E-state index in [9.17, 15) is 4.79 Å². The second kappa shape index (κ2) is 5.63. The molecule has 0 atom stereocenters. The number of benzene rings is 1. The number of amides is 1. The van der Waals surface area contributed by atoms with Crippen molar-refractivity contribution in [3.05, 3.63) is 46.6 Å². The quantitative estimate of drug-likeness (QED) is 0.687. The third-order valence-corrected chi connectivity index (χ3v) is 3.60. The summed E-state index contributed by atoms with van der Waals surface area (Å²) in [7, 11) is 0. The fourth-order valence-electron chi connectivity index (χ4n) is 1.79. The number of rotatable bonds is 4. The molecule has 4 nitrogen and oxygen atoms in total. The minimum absolute atomic E-state index is 0.0130. The van der Waals surface area contributed by atoms with Gasteiger partial charge in [0.25, 0.3) is 0 Å². The summed E-state index contributed by atoms with van der Waals surface area (Å²) in [6.07, 6.45) is 3.45. The molecule has 20 heavy (non-hydrogen) atoms. The van der Waals surface area contributed by atoms with Crippen molar-refractivity contribution in [1.82, 2.24) is 5.43 Å². The first-order valence-electron chi connectivity index (χ1n) is 6.41. The van der Waals surface area contributed by atoms with E-state index in [-0.39, 0.29) is 11.8 Å². The Bertz CT molecular complexity index is 642. The minimum Gasteiger partial charge on any atom is -0.455 e. The zero-order valence-electron chi connectivity index (χ0n) is 10.7. The first kappa shape index (κ1) is 13.1. The highest BCUT2D eigenvalue weighted by molar-refractivity contribution is 9.10. The Kier molecular flexibility index (Phi) is 3.69. The molecule has 0 aliphatic heterocycles. The summed E-state index contributed by atoms with van der Waals surface area (Å²) in [5.41, 5.74) is 3.51. The maximum Gasteiger partial charge on any atom is 0.243 e. The van der Waals surface area contributed by atoms with Crippen LogP contribution in [0.3, 0.4) is 0 Å². The normalized spacial score (nSPS) is 14.7. The summed E-state index contributed by atoms with van der Waals surface area (Å²) < 4.78 is 6.68. The first-order chi connectivity index (χ1) is 9.72. The van der Waals surface area contributed by atoms with E-state index >= 15 is 0 Å². The lowest BCUT2D eigenvalue weighted by atomic mass is 10.2. The van der Waals surface area contributed by atoms with Crippen LogP contribution in [-0.2, 0) is 4.79 Å². The Morgan fingerprint density at radius 1 is 1.25 bits per heavy atom. The Hall–Kier alpha value is -1.88.